The summed E-state index contributed by atoms with van der Waals surface area (Å²) in [5.41, 5.74) is 1.49. The molecule has 0 amide bonds. The number of hydrogen-bond acceptors (Lipinski definition) is 8. The standard InChI is InChI=1S/C44H38O8/c1-3-43(45)51-33(27-47-39-25-13-17-31-15-5-7-19-35(31)39)29-49-41-23-11-9-21-37(41)38-22-10-12-24-42(38)50-30-34(52-44(46)4-2)28-48-40-26-14-18-32-16-6-8-20-36(32)40/h3-26,33-34H,1-2,27-30H2. The van der Waals surface area contributed by atoms with Crippen molar-refractivity contribution in [3.05, 3.63) is 159 Å². The van der Waals surface area contributed by atoms with Crippen LogP contribution in [0.2, 0.25) is 0 Å². The molecule has 0 aliphatic heterocycles. The van der Waals surface area contributed by atoms with E-state index in [1.54, 1.807) is 0 Å². The predicted octanol–water partition coefficient (Wildman–Crippen LogP) is 8.77. The van der Waals surface area contributed by atoms with Crippen molar-refractivity contribution < 1.29 is 38.0 Å². The highest BCUT2D eigenvalue weighted by Gasteiger charge is 2.20. The summed E-state index contributed by atoms with van der Waals surface area (Å²) < 4.78 is 36.1. The zero-order valence-corrected chi connectivity index (χ0v) is 28.5. The Balaban J connectivity index is 1.16. The fourth-order valence-electron chi connectivity index (χ4n) is 5.66. The van der Waals surface area contributed by atoms with Crippen LogP contribution in [-0.4, -0.2) is 50.6 Å². The van der Waals surface area contributed by atoms with Gasteiger partial charge in [-0.25, -0.2) is 9.59 Å². The zero-order valence-electron chi connectivity index (χ0n) is 28.5. The summed E-state index contributed by atoms with van der Waals surface area (Å²) in [6.07, 6.45) is 0.732. The third kappa shape index (κ3) is 8.97. The minimum Gasteiger partial charge on any atom is -0.489 e. The monoisotopic (exact) mass is 694 g/mol. The van der Waals surface area contributed by atoms with Gasteiger partial charge in [0.1, 0.15) is 49.4 Å². The van der Waals surface area contributed by atoms with Gasteiger partial charge in [0.05, 0.1) is 0 Å². The Morgan fingerprint density at radius 2 is 0.769 bits per heavy atom. The van der Waals surface area contributed by atoms with E-state index in [1.165, 1.54) is 0 Å². The molecule has 0 aliphatic rings. The molecule has 2 atom stereocenters. The Labute approximate surface area is 302 Å². The lowest BCUT2D eigenvalue weighted by Gasteiger charge is -2.22. The van der Waals surface area contributed by atoms with Crippen LogP contribution in [0.5, 0.6) is 23.0 Å². The topological polar surface area (TPSA) is 89.5 Å². The second-order valence-corrected chi connectivity index (χ2v) is 11.7. The third-order valence-corrected chi connectivity index (χ3v) is 8.16. The molecule has 6 aromatic carbocycles. The van der Waals surface area contributed by atoms with E-state index in [2.05, 4.69) is 13.2 Å². The number of benzene rings is 6. The smallest absolute Gasteiger partial charge is 0.330 e. The summed E-state index contributed by atoms with van der Waals surface area (Å²) >= 11 is 0. The van der Waals surface area contributed by atoms with Crippen LogP contribution in [0.3, 0.4) is 0 Å². The molecule has 0 saturated heterocycles. The number of rotatable bonds is 17. The van der Waals surface area contributed by atoms with Crippen LogP contribution in [0.1, 0.15) is 0 Å². The maximum atomic E-state index is 12.3. The molecule has 0 aliphatic carbocycles. The first kappa shape index (κ1) is 35.3. The van der Waals surface area contributed by atoms with Gasteiger partial charge in [-0.2, -0.15) is 0 Å². The van der Waals surface area contributed by atoms with Gasteiger partial charge in [-0.3, -0.25) is 0 Å². The fourth-order valence-corrected chi connectivity index (χ4v) is 5.66. The van der Waals surface area contributed by atoms with E-state index in [-0.39, 0.29) is 26.4 Å². The number of para-hydroxylation sites is 2. The van der Waals surface area contributed by atoms with Gasteiger partial charge in [0.25, 0.3) is 0 Å². The van der Waals surface area contributed by atoms with Crippen LogP contribution in [0.25, 0.3) is 32.7 Å². The third-order valence-electron chi connectivity index (χ3n) is 8.16. The highest BCUT2D eigenvalue weighted by atomic mass is 16.6. The Morgan fingerprint density at radius 1 is 0.442 bits per heavy atom. The number of esters is 2. The molecular formula is C44H38O8. The molecule has 2 unspecified atom stereocenters. The minimum atomic E-state index is -0.744. The van der Waals surface area contributed by atoms with E-state index in [0.717, 1.165) is 44.8 Å². The van der Waals surface area contributed by atoms with E-state index in [0.29, 0.717) is 23.0 Å². The van der Waals surface area contributed by atoms with Crippen molar-refractivity contribution in [2.75, 3.05) is 26.4 Å². The first-order chi connectivity index (χ1) is 25.5. The highest BCUT2D eigenvalue weighted by Crippen LogP contribution is 2.37. The number of carbonyl (C=O) groups excluding carboxylic acids is 2. The summed E-state index contributed by atoms with van der Waals surface area (Å²) in [6.45, 7) is 7.20. The van der Waals surface area contributed by atoms with Crippen LogP contribution in [0, 0.1) is 0 Å². The molecule has 0 bridgehead atoms. The van der Waals surface area contributed by atoms with Gasteiger partial charge in [-0.1, -0.05) is 122 Å². The summed E-state index contributed by atoms with van der Waals surface area (Å²) in [5, 5.41) is 3.97. The number of ether oxygens (including phenoxy) is 6. The maximum absolute atomic E-state index is 12.3. The Kier molecular flexibility index (Phi) is 11.8. The summed E-state index contributed by atoms with van der Waals surface area (Å²) in [6, 6.07) is 42.4. The van der Waals surface area contributed by atoms with E-state index in [9.17, 15) is 9.59 Å². The Bertz CT molecular complexity index is 2010. The molecule has 8 nitrogen and oxygen atoms in total. The molecule has 0 heterocycles. The summed E-state index contributed by atoms with van der Waals surface area (Å²) in [7, 11) is 0. The molecule has 8 heteroatoms. The average molecular weight is 695 g/mol. The lowest BCUT2D eigenvalue weighted by atomic mass is 10.0. The molecule has 6 rings (SSSR count). The zero-order chi connectivity index (χ0) is 36.1. The van der Waals surface area contributed by atoms with Gasteiger partial charge in [0.15, 0.2) is 12.2 Å². The molecule has 262 valence electrons. The van der Waals surface area contributed by atoms with Crippen molar-refractivity contribution in [3.8, 4) is 34.1 Å². The lowest BCUT2D eigenvalue weighted by molar-refractivity contribution is -0.147. The van der Waals surface area contributed by atoms with Gasteiger partial charge in [0, 0.05) is 34.1 Å². The van der Waals surface area contributed by atoms with Crippen LogP contribution in [0.15, 0.2) is 159 Å². The fraction of sp³-hybridized carbons (Fsp3) is 0.136. The van der Waals surface area contributed by atoms with E-state index in [1.807, 2.05) is 133 Å². The Morgan fingerprint density at radius 3 is 1.19 bits per heavy atom. The van der Waals surface area contributed by atoms with Crippen LogP contribution < -0.4 is 18.9 Å². The van der Waals surface area contributed by atoms with Crippen LogP contribution >= 0.6 is 0 Å². The van der Waals surface area contributed by atoms with Crippen LogP contribution in [0.4, 0.5) is 0 Å². The van der Waals surface area contributed by atoms with Gasteiger partial charge in [-0.15, -0.1) is 0 Å². The van der Waals surface area contributed by atoms with E-state index < -0.39 is 24.1 Å². The first-order valence-corrected chi connectivity index (χ1v) is 16.8. The number of carbonyl (C=O) groups is 2. The molecule has 0 N–H and O–H groups in total. The van der Waals surface area contributed by atoms with Crippen molar-refractivity contribution >= 4 is 33.5 Å². The van der Waals surface area contributed by atoms with Crippen LogP contribution in [-0.2, 0) is 19.1 Å². The first-order valence-electron chi connectivity index (χ1n) is 16.8. The van der Waals surface area contributed by atoms with Crippen molar-refractivity contribution in [3.63, 3.8) is 0 Å². The molecule has 0 aromatic heterocycles. The highest BCUT2D eigenvalue weighted by molar-refractivity contribution is 5.89. The molecule has 0 fully saturated rings. The normalized spacial score (nSPS) is 11.9. The summed E-state index contributed by atoms with van der Waals surface area (Å²) in [4.78, 5) is 24.5. The largest absolute Gasteiger partial charge is 0.489 e. The molecule has 52 heavy (non-hydrogen) atoms. The van der Waals surface area contributed by atoms with Crippen molar-refractivity contribution in [2.45, 2.75) is 12.2 Å². The van der Waals surface area contributed by atoms with Gasteiger partial charge in [0.2, 0.25) is 0 Å². The molecular weight excluding hydrogens is 656 g/mol. The molecule has 0 saturated carbocycles. The molecule has 0 radical (unpaired) electrons. The van der Waals surface area contributed by atoms with Crippen molar-refractivity contribution in [1.29, 1.82) is 0 Å². The predicted molar refractivity (Wildman–Crippen MR) is 202 cm³/mol. The van der Waals surface area contributed by atoms with E-state index in [4.69, 9.17) is 28.4 Å². The van der Waals surface area contributed by atoms with Gasteiger partial charge in [-0.05, 0) is 35.0 Å². The Hall–Kier alpha value is -6.54. The van der Waals surface area contributed by atoms with Crippen molar-refractivity contribution in [1.82, 2.24) is 0 Å². The number of hydrogen-bond donors (Lipinski definition) is 0. The number of fused-ring (bicyclic) bond motifs is 2. The lowest BCUT2D eigenvalue weighted by Crippen LogP contribution is -2.31. The second-order valence-electron chi connectivity index (χ2n) is 11.7. The molecule has 0 spiro atoms. The minimum absolute atomic E-state index is 0.00939. The van der Waals surface area contributed by atoms with Gasteiger partial charge >= 0.3 is 11.9 Å². The SMILES string of the molecule is C=CC(=O)OC(COc1ccccc1-c1ccccc1OCC(COc1cccc2ccccc12)OC(=O)C=C)COc1cccc2ccccc12. The van der Waals surface area contributed by atoms with E-state index >= 15 is 0 Å². The van der Waals surface area contributed by atoms with Gasteiger partial charge < -0.3 is 28.4 Å². The summed E-state index contributed by atoms with van der Waals surface area (Å²) in [5.74, 6) is 1.25. The average Bonchev–Trinajstić information content (AvgIpc) is 3.19. The molecule has 6 aromatic rings. The maximum Gasteiger partial charge on any atom is 0.330 e. The van der Waals surface area contributed by atoms with Crippen molar-refractivity contribution in [2.24, 2.45) is 0 Å². The second kappa shape index (κ2) is 17.4. The quantitative estimate of drug-likeness (QED) is 0.0692.